The first-order valence-corrected chi connectivity index (χ1v) is 6.68. The predicted octanol–water partition coefficient (Wildman–Crippen LogP) is 3.45. The summed E-state index contributed by atoms with van der Waals surface area (Å²) in [5, 5.41) is 9.95. The number of aromatic nitrogens is 2. The Labute approximate surface area is 114 Å². The van der Waals surface area contributed by atoms with Crippen molar-refractivity contribution in [2.75, 3.05) is 11.9 Å². The highest BCUT2D eigenvalue weighted by Gasteiger charge is 1.98. The Hall–Kier alpha value is -1.97. The second kappa shape index (κ2) is 6.83. The number of H-pyrrole nitrogens is 1. The molecule has 102 valence electrons. The molecule has 0 unspecified atom stereocenters. The number of hydrogen-bond acceptors (Lipinski definition) is 3. The number of ether oxygens (including phenoxy) is 1. The van der Waals surface area contributed by atoms with E-state index in [0.29, 0.717) is 5.92 Å². The van der Waals surface area contributed by atoms with E-state index in [1.165, 1.54) is 5.56 Å². The van der Waals surface area contributed by atoms with Crippen molar-refractivity contribution in [1.82, 2.24) is 10.2 Å². The van der Waals surface area contributed by atoms with Crippen LogP contribution in [-0.2, 0) is 6.54 Å². The summed E-state index contributed by atoms with van der Waals surface area (Å²) in [5.41, 5.74) is 2.22. The minimum atomic E-state index is 0.679. The number of benzene rings is 1. The van der Waals surface area contributed by atoms with Gasteiger partial charge in [-0.05, 0) is 30.0 Å². The van der Waals surface area contributed by atoms with E-state index < -0.39 is 0 Å². The molecule has 4 heteroatoms. The van der Waals surface area contributed by atoms with Crippen LogP contribution in [-0.4, -0.2) is 16.8 Å². The first-order chi connectivity index (χ1) is 9.24. The van der Waals surface area contributed by atoms with Gasteiger partial charge in [0.1, 0.15) is 5.75 Å². The Bertz CT molecular complexity index is 463. The quantitative estimate of drug-likeness (QED) is 0.800. The van der Waals surface area contributed by atoms with Crippen LogP contribution in [0.4, 0.5) is 5.69 Å². The molecule has 2 aromatic rings. The molecule has 0 aliphatic heterocycles. The summed E-state index contributed by atoms with van der Waals surface area (Å²) in [6.45, 7) is 5.97. The summed E-state index contributed by atoms with van der Waals surface area (Å²) < 4.78 is 5.69. The molecule has 0 saturated carbocycles. The highest BCUT2D eigenvalue weighted by atomic mass is 16.5. The molecule has 2 rings (SSSR count). The molecule has 0 atom stereocenters. The van der Waals surface area contributed by atoms with Gasteiger partial charge in [-0.1, -0.05) is 26.0 Å². The van der Waals surface area contributed by atoms with Crippen molar-refractivity contribution in [2.24, 2.45) is 5.92 Å². The summed E-state index contributed by atoms with van der Waals surface area (Å²) in [4.78, 5) is 0. The number of nitrogens with one attached hydrogen (secondary N) is 2. The molecule has 1 heterocycles. The molecule has 1 aromatic carbocycles. The van der Waals surface area contributed by atoms with Gasteiger partial charge in [0.2, 0.25) is 0 Å². The zero-order valence-corrected chi connectivity index (χ0v) is 11.5. The van der Waals surface area contributed by atoms with Crippen molar-refractivity contribution in [2.45, 2.75) is 26.8 Å². The van der Waals surface area contributed by atoms with E-state index in [4.69, 9.17) is 4.74 Å². The minimum Gasteiger partial charge on any atom is -0.494 e. The van der Waals surface area contributed by atoms with Gasteiger partial charge in [0.25, 0.3) is 0 Å². The molecule has 0 aliphatic rings. The van der Waals surface area contributed by atoms with Crippen molar-refractivity contribution in [3.05, 3.63) is 42.2 Å². The van der Waals surface area contributed by atoms with Gasteiger partial charge in [-0.25, -0.2) is 0 Å². The Morgan fingerprint density at radius 1 is 1.26 bits per heavy atom. The Kier molecular flexibility index (Phi) is 4.84. The molecule has 0 spiro atoms. The lowest BCUT2D eigenvalue weighted by Gasteiger charge is -2.09. The molecule has 0 amide bonds. The Morgan fingerprint density at radius 3 is 2.68 bits per heavy atom. The van der Waals surface area contributed by atoms with E-state index in [1.54, 1.807) is 6.20 Å². The fourth-order valence-corrected chi connectivity index (χ4v) is 1.67. The van der Waals surface area contributed by atoms with E-state index >= 15 is 0 Å². The number of rotatable bonds is 7. The number of anilines is 1. The Balaban J connectivity index is 1.77. The van der Waals surface area contributed by atoms with Crippen LogP contribution >= 0.6 is 0 Å². The lowest BCUT2D eigenvalue weighted by atomic mass is 10.1. The summed E-state index contributed by atoms with van der Waals surface area (Å²) in [7, 11) is 0. The smallest absolute Gasteiger partial charge is 0.119 e. The van der Waals surface area contributed by atoms with Crippen molar-refractivity contribution in [3.63, 3.8) is 0 Å². The summed E-state index contributed by atoms with van der Waals surface area (Å²) in [6.07, 6.45) is 4.69. The summed E-state index contributed by atoms with van der Waals surface area (Å²) in [5.74, 6) is 1.62. The van der Waals surface area contributed by atoms with Crippen LogP contribution in [0.1, 0.15) is 25.8 Å². The minimum absolute atomic E-state index is 0.679. The van der Waals surface area contributed by atoms with Gasteiger partial charge in [0.15, 0.2) is 0 Å². The monoisotopic (exact) mass is 259 g/mol. The third kappa shape index (κ3) is 4.66. The van der Waals surface area contributed by atoms with E-state index in [1.807, 2.05) is 18.3 Å². The van der Waals surface area contributed by atoms with Gasteiger partial charge in [-0.15, -0.1) is 0 Å². The fraction of sp³-hybridized carbons (Fsp3) is 0.400. The van der Waals surface area contributed by atoms with Gasteiger partial charge in [0, 0.05) is 12.7 Å². The maximum absolute atomic E-state index is 5.69. The third-order valence-corrected chi connectivity index (χ3v) is 2.88. The predicted molar refractivity (Wildman–Crippen MR) is 77.3 cm³/mol. The fourth-order valence-electron chi connectivity index (χ4n) is 1.67. The molecule has 0 aliphatic carbocycles. The Morgan fingerprint density at radius 2 is 2.05 bits per heavy atom. The standard InChI is InChI=1S/C15H21N3O/c1-12(2)7-8-19-15-5-3-13(4-6-15)9-16-14-10-17-18-11-14/h3-6,10-12,16H,7-9H2,1-2H3,(H,17,18). The molecule has 4 nitrogen and oxygen atoms in total. The highest BCUT2D eigenvalue weighted by molar-refractivity contribution is 5.39. The van der Waals surface area contributed by atoms with Gasteiger partial charge in [-0.3, -0.25) is 5.10 Å². The molecule has 19 heavy (non-hydrogen) atoms. The average Bonchev–Trinajstić information content (AvgIpc) is 2.90. The lowest BCUT2D eigenvalue weighted by molar-refractivity contribution is 0.289. The number of aromatic amines is 1. The zero-order valence-electron chi connectivity index (χ0n) is 11.5. The highest BCUT2D eigenvalue weighted by Crippen LogP contribution is 2.14. The lowest BCUT2D eigenvalue weighted by Crippen LogP contribution is -2.02. The van der Waals surface area contributed by atoms with Crippen molar-refractivity contribution in [1.29, 1.82) is 0 Å². The van der Waals surface area contributed by atoms with Crippen LogP contribution < -0.4 is 10.1 Å². The van der Waals surface area contributed by atoms with Crippen molar-refractivity contribution >= 4 is 5.69 Å². The normalized spacial score (nSPS) is 10.7. The van der Waals surface area contributed by atoms with Gasteiger partial charge in [0.05, 0.1) is 18.5 Å². The molecule has 0 saturated heterocycles. The average molecular weight is 259 g/mol. The van der Waals surface area contributed by atoms with Crippen LogP contribution in [0.15, 0.2) is 36.7 Å². The second-order valence-corrected chi connectivity index (χ2v) is 5.02. The molecule has 2 N–H and O–H groups in total. The number of hydrogen-bond donors (Lipinski definition) is 2. The first-order valence-electron chi connectivity index (χ1n) is 6.68. The van der Waals surface area contributed by atoms with E-state index in [2.05, 4.69) is 41.5 Å². The van der Waals surface area contributed by atoms with Crippen LogP contribution in [0.3, 0.4) is 0 Å². The first kappa shape index (κ1) is 13.5. The van der Waals surface area contributed by atoms with Gasteiger partial charge < -0.3 is 10.1 Å². The SMILES string of the molecule is CC(C)CCOc1ccc(CNc2cn[nH]c2)cc1. The van der Waals surface area contributed by atoms with Crippen LogP contribution in [0, 0.1) is 5.92 Å². The molecule has 0 fully saturated rings. The molecule has 0 bridgehead atoms. The van der Waals surface area contributed by atoms with E-state index in [0.717, 1.165) is 31.0 Å². The van der Waals surface area contributed by atoms with Crippen LogP contribution in [0.25, 0.3) is 0 Å². The largest absolute Gasteiger partial charge is 0.494 e. The zero-order chi connectivity index (χ0) is 13.5. The topological polar surface area (TPSA) is 49.9 Å². The van der Waals surface area contributed by atoms with Crippen molar-refractivity contribution < 1.29 is 4.74 Å². The van der Waals surface area contributed by atoms with Gasteiger partial charge in [-0.2, -0.15) is 5.10 Å². The van der Waals surface area contributed by atoms with E-state index in [-0.39, 0.29) is 0 Å². The number of nitrogens with zero attached hydrogens (tertiary/aromatic N) is 1. The van der Waals surface area contributed by atoms with E-state index in [9.17, 15) is 0 Å². The summed E-state index contributed by atoms with van der Waals surface area (Å²) in [6, 6.07) is 8.20. The molecule has 0 radical (unpaired) electrons. The third-order valence-electron chi connectivity index (χ3n) is 2.88. The maximum atomic E-state index is 5.69. The van der Waals surface area contributed by atoms with Crippen LogP contribution in [0.5, 0.6) is 5.75 Å². The molecular formula is C15H21N3O. The second-order valence-electron chi connectivity index (χ2n) is 5.02. The molecule has 1 aromatic heterocycles. The summed E-state index contributed by atoms with van der Waals surface area (Å²) >= 11 is 0. The van der Waals surface area contributed by atoms with Crippen LogP contribution in [0.2, 0.25) is 0 Å². The molecular weight excluding hydrogens is 238 g/mol. The maximum Gasteiger partial charge on any atom is 0.119 e. The van der Waals surface area contributed by atoms with Gasteiger partial charge >= 0.3 is 0 Å². The van der Waals surface area contributed by atoms with Crippen molar-refractivity contribution in [3.8, 4) is 5.75 Å².